The molecule has 0 unspecified atom stereocenters. The lowest BCUT2D eigenvalue weighted by molar-refractivity contribution is -0.106. The van der Waals surface area contributed by atoms with Gasteiger partial charge >= 0.3 is 7.82 Å². The Morgan fingerprint density at radius 2 is 1.83 bits per heavy atom. The Bertz CT molecular complexity index is 489. The van der Waals surface area contributed by atoms with E-state index in [-0.39, 0.29) is 6.29 Å². The predicted molar refractivity (Wildman–Crippen MR) is 67.9 cm³/mol. The minimum Gasteiger partial charge on any atom is -0.401 e. The van der Waals surface area contributed by atoms with Crippen LogP contribution >= 0.6 is 7.82 Å². The normalized spacial score (nSPS) is 12.1. The molecule has 0 bridgehead atoms. The summed E-state index contributed by atoms with van der Waals surface area (Å²) in [6, 6.07) is 7.04. The number of hydrogen-bond acceptors (Lipinski definition) is 4. The molecule has 0 radical (unpaired) electrons. The van der Waals surface area contributed by atoms with Gasteiger partial charge in [-0.2, -0.15) is 0 Å². The maximum Gasteiger partial charge on any atom is 0.524 e. The summed E-state index contributed by atoms with van der Waals surface area (Å²) >= 11 is 0. The van der Waals surface area contributed by atoms with Crippen molar-refractivity contribution in [2.75, 3.05) is 19.0 Å². The second-order valence-electron chi connectivity index (χ2n) is 3.73. The van der Waals surface area contributed by atoms with E-state index in [9.17, 15) is 9.36 Å². The number of carbonyl (C=O) groups is 1. The van der Waals surface area contributed by atoms with Gasteiger partial charge in [0.1, 0.15) is 0 Å². The van der Waals surface area contributed by atoms with E-state index in [2.05, 4.69) is 4.52 Å². The van der Waals surface area contributed by atoms with Gasteiger partial charge in [0, 0.05) is 19.8 Å². The van der Waals surface area contributed by atoms with Crippen molar-refractivity contribution in [1.82, 2.24) is 0 Å². The van der Waals surface area contributed by atoms with Gasteiger partial charge in [0.15, 0.2) is 12.0 Å². The Morgan fingerprint density at radius 1 is 1.28 bits per heavy atom. The first-order valence-electron chi connectivity index (χ1n) is 5.01. The Balaban J connectivity index is 2.92. The summed E-state index contributed by atoms with van der Waals surface area (Å²) in [6.07, 6.45) is 1.50. The molecule has 18 heavy (non-hydrogen) atoms. The van der Waals surface area contributed by atoms with Gasteiger partial charge in [-0.15, -0.1) is 0 Å². The molecule has 0 amide bonds. The van der Waals surface area contributed by atoms with E-state index >= 15 is 0 Å². The first-order valence-corrected chi connectivity index (χ1v) is 6.54. The largest absolute Gasteiger partial charge is 0.524 e. The van der Waals surface area contributed by atoms with Gasteiger partial charge in [-0.25, -0.2) is 4.57 Å². The van der Waals surface area contributed by atoms with Crippen LogP contribution in [0.2, 0.25) is 0 Å². The summed E-state index contributed by atoms with van der Waals surface area (Å²) in [4.78, 5) is 29.7. The van der Waals surface area contributed by atoms with Crippen molar-refractivity contribution in [1.29, 1.82) is 0 Å². The van der Waals surface area contributed by atoms with E-state index in [4.69, 9.17) is 9.79 Å². The number of hydrogen-bond donors (Lipinski definition) is 2. The molecule has 0 aliphatic heterocycles. The standard InChI is InChI=1S/C11H14NO5P/c1-12(2)10-5-3-9(4-6-10)7-11(8-13)17-18(14,15)16/h3-8H,1-2H3,(H2,14,15,16). The van der Waals surface area contributed by atoms with Crippen LogP contribution in [0.1, 0.15) is 5.56 Å². The van der Waals surface area contributed by atoms with Crippen LogP contribution in [0.15, 0.2) is 30.0 Å². The van der Waals surface area contributed by atoms with Gasteiger partial charge in [0.25, 0.3) is 0 Å². The van der Waals surface area contributed by atoms with Crippen LogP contribution in [0.3, 0.4) is 0 Å². The lowest BCUT2D eigenvalue weighted by Crippen LogP contribution is -2.07. The fourth-order valence-electron chi connectivity index (χ4n) is 1.25. The molecule has 7 heteroatoms. The average molecular weight is 271 g/mol. The van der Waals surface area contributed by atoms with Gasteiger partial charge in [0.2, 0.25) is 0 Å². The van der Waals surface area contributed by atoms with E-state index in [0.717, 1.165) is 5.69 Å². The molecular formula is C11H14NO5P. The van der Waals surface area contributed by atoms with Crippen LogP contribution in [-0.2, 0) is 13.9 Å². The third-order valence-corrected chi connectivity index (χ3v) is 2.51. The molecule has 1 rings (SSSR count). The second-order valence-corrected chi connectivity index (χ2v) is 4.90. The van der Waals surface area contributed by atoms with E-state index in [1.165, 1.54) is 6.08 Å². The third-order valence-electron chi connectivity index (χ3n) is 2.06. The van der Waals surface area contributed by atoms with Crippen molar-refractivity contribution >= 4 is 25.9 Å². The van der Waals surface area contributed by atoms with Gasteiger partial charge in [-0.1, -0.05) is 12.1 Å². The number of anilines is 1. The molecule has 2 N–H and O–H groups in total. The average Bonchev–Trinajstić information content (AvgIpc) is 2.27. The maximum atomic E-state index is 10.6. The molecule has 0 aliphatic rings. The Labute approximate surface area is 105 Å². The predicted octanol–water partition coefficient (Wildman–Crippen LogP) is 1.40. The molecule has 0 saturated carbocycles. The van der Waals surface area contributed by atoms with Crippen molar-refractivity contribution in [3.8, 4) is 0 Å². The highest BCUT2D eigenvalue weighted by Crippen LogP contribution is 2.38. The molecule has 0 aliphatic carbocycles. The number of nitrogens with zero attached hydrogens (tertiary/aromatic N) is 1. The smallest absolute Gasteiger partial charge is 0.401 e. The second kappa shape index (κ2) is 5.82. The highest BCUT2D eigenvalue weighted by Gasteiger charge is 2.17. The molecule has 0 saturated heterocycles. The first-order chi connectivity index (χ1) is 8.31. The lowest BCUT2D eigenvalue weighted by Gasteiger charge is -2.12. The van der Waals surface area contributed by atoms with Crippen molar-refractivity contribution < 1.29 is 23.7 Å². The summed E-state index contributed by atoms with van der Waals surface area (Å²) < 4.78 is 14.8. The number of benzene rings is 1. The minimum absolute atomic E-state index is 0.249. The van der Waals surface area contributed by atoms with Gasteiger partial charge in [-0.05, 0) is 23.8 Å². The SMILES string of the molecule is CN(C)c1ccc(C=C(C=O)OP(=O)(O)O)cc1. The molecule has 1 aromatic rings. The molecule has 0 heterocycles. The van der Waals surface area contributed by atoms with Crippen LogP contribution < -0.4 is 4.90 Å². The molecule has 0 atom stereocenters. The number of carbonyl (C=O) groups excluding carboxylic acids is 1. The number of rotatable bonds is 5. The molecular weight excluding hydrogens is 257 g/mol. The quantitative estimate of drug-likeness (QED) is 0.364. The zero-order valence-corrected chi connectivity index (χ0v) is 10.9. The molecule has 0 aromatic heterocycles. The third kappa shape index (κ3) is 4.71. The Morgan fingerprint density at radius 3 is 2.22 bits per heavy atom. The van der Waals surface area contributed by atoms with E-state index in [0.29, 0.717) is 5.56 Å². The van der Waals surface area contributed by atoms with Crippen molar-refractivity contribution in [2.24, 2.45) is 0 Å². The number of aldehydes is 1. The topological polar surface area (TPSA) is 87.1 Å². The first kappa shape index (κ1) is 14.4. The zero-order valence-electron chi connectivity index (χ0n) is 9.98. The van der Waals surface area contributed by atoms with Crippen LogP contribution in [0.25, 0.3) is 6.08 Å². The van der Waals surface area contributed by atoms with Crippen LogP contribution in [0.4, 0.5) is 5.69 Å². The van der Waals surface area contributed by atoms with Crippen LogP contribution in [-0.4, -0.2) is 30.2 Å². The van der Waals surface area contributed by atoms with Gasteiger partial charge in [-0.3, -0.25) is 14.6 Å². The lowest BCUT2D eigenvalue weighted by atomic mass is 10.2. The van der Waals surface area contributed by atoms with Gasteiger partial charge < -0.3 is 9.42 Å². The summed E-state index contributed by atoms with van der Waals surface area (Å²) in [5.41, 5.74) is 1.58. The van der Waals surface area contributed by atoms with E-state index in [1.807, 2.05) is 31.1 Å². The maximum absolute atomic E-state index is 10.6. The highest BCUT2D eigenvalue weighted by molar-refractivity contribution is 7.46. The molecule has 6 nitrogen and oxygen atoms in total. The molecule has 98 valence electrons. The summed E-state index contributed by atoms with van der Waals surface area (Å²) in [5, 5.41) is 0. The summed E-state index contributed by atoms with van der Waals surface area (Å²) in [5.74, 6) is -0.416. The Kier molecular flexibility index (Phi) is 4.67. The number of phosphoric ester groups is 1. The monoisotopic (exact) mass is 271 g/mol. The van der Waals surface area contributed by atoms with Crippen molar-refractivity contribution in [3.05, 3.63) is 35.6 Å². The Hall–Kier alpha value is -1.62. The van der Waals surface area contributed by atoms with Crippen molar-refractivity contribution in [3.63, 3.8) is 0 Å². The molecule has 1 aromatic carbocycles. The highest BCUT2D eigenvalue weighted by atomic mass is 31.2. The van der Waals surface area contributed by atoms with Crippen LogP contribution in [0, 0.1) is 0 Å². The molecule has 0 spiro atoms. The molecule has 0 fully saturated rings. The van der Waals surface area contributed by atoms with Crippen molar-refractivity contribution in [2.45, 2.75) is 0 Å². The van der Waals surface area contributed by atoms with Crippen LogP contribution in [0.5, 0.6) is 0 Å². The van der Waals surface area contributed by atoms with Gasteiger partial charge in [0.05, 0.1) is 0 Å². The fraction of sp³-hybridized carbons (Fsp3) is 0.182. The number of phosphoric acid groups is 1. The zero-order chi connectivity index (χ0) is 13.8. The minimum atomic E-state index is -4.71. The van der Waals surface area contributed by atoms with E-state index in [1.54, 1.807) is 12.1 Å². The summed E-state index contributed by atoms with van der Waals surface area (Å²) in [6.45, 7) is 0. The van der Waals surface area contributed by atoms with E-state index < -0.39 is 13.6 Å². The fourth-order valence-corrected chi connectivity index (χ4v) is 1.62. The summed E-state index contributed by atoms with van der Waals surface area (Å²) in [7, 11) is -0.933. The number of allylic oxidation sites excluding steroid dienone is 1.